The maximum absolute atomic E-state index is 13.8. The molecule has 1 amide bonds. The lowest BCUT2D eigenvalue weighted by Gasteiger charge is -2.46. The van der Waals surface area contributed by atoms with E-state index in [-0.39, 0.29) is 5.91 Å². The summed E-state index contributed by atoms with van der Waals surface area (Å²) in [6.45, 7) is 7.53. The van der Waals surface area contributed by atoms with E-state index in [0.29, 0.717) is 11.8 Å². The minimum absolute atomic E-state index is 0.150. The van der Waals surface area contributed by atoms with Gasteiger partial charge in [0.2, 0.25) is 0 Å². The van der Waals surface area contributed by atoms with E-state index in [1.165, 1.54) is 6.42 Å². The van der Waals surface area contributed by atoms with Crippen molar-refractivity contribution in [2.24, 2.45) is 11.8 Å². The van der Waals surface area contributed by atoms with Gasteiger partial charge in [0.1, 0.15) is 5.82 Å². The Bertz CT molecular complexity index is 1390. The summed E-state index contributed by atoms with van der Waals surface area (Å²) in [5, 5.41) is 0. The van der Waals surface area contributed by atoms with Gasteiger partial charge in [-0.25, -0.2) is 4.98 Å². The van der Waals surface area contributed by atoms with Crippen molar-refractivity contribution in [2.75, 3.05) is 31.1 Å². The van der Waals surface area contributed by atoms with Crippen molar-refractivity contribution in [3.63, 3.8) is 0 Å². The largest absolute Gasteiger partial charge is 0.355 e. The van der Waals surface area contributed by atoms with E-state index in [1.807, 2.05) is 42.6 Å². The lowest BCUT2D eigenvalue weighted by Crippen LogP contribution is -2.54. The Morgan fingerprint density at radius 3 is 2.43 bits per heavy atom. The Morgan fingerprint density at radius 2 is 1.66 bits per heavy atom. The Kier molecular flexibility index (Phi) is 5.48. The summed E-state index contributed by atoms with van der Waals surface area (Å²) < 4.78 is 0. The monoisotopic (exact) mass is 462 g/mol. The lowest BCUT2D eigenvalue weighted by atomic mass is 9.84. The molecule has 3 heterocycles. The van der Waals surface area contributed by atoms with Crippen LogP contribution < -0.4 is 4.90 Å². The van der Waals surface area contributed by atoms with Crippen molar-refractivity contribution in [3.05, 3.63) is 89.6 Å². The van der Waals surface area contributed by atoms with Crippen LogP contribution in [0.2, 0.25) is 0 Å². The van der Waals surface area contributed by atoms with E-state index in [4.69, 9.17) is 4.98 Å². The van der Waals surface area contributed by atoms with Gasteiger partial charge in [0.25, 0.3) is 5.91 Å². The molecule has 0 aliphatic carbocycles. The number of rotatable bonds is 3. The van der Waals surface area contributed by atoms with Gasteiger partial charge < -0.3 is 9.80 Å². The first kappa shape index (κ1) is 21.8. The molecule has 3 aromatic carbocycles. The Hall–Kier alpha value is -3.73. The molecule has 1 aromatic heterocycles. The third-order valence-electron chi connectivity index (χ3n) is 7.44. The summed E-state index contributed by atoms with van der Waals surface area (Å²) >= 11 is 0. The number of aromatic nitrogens is 2. The summed E-state index contributed by atoms with van der Waals surface area (Å²) in [5.41, 5.74) is 7.09. The van der Waals surface area contributed by atoms with Gasteiger partial charge >= 0.3 is 0 Å². The number of benzene rings is 3. The third kappa shape index (κ3) is 4.16. The Morgan fingerprint density at radius 1 is 0.886 bits per heavy atom. The number of carbonyl (C=O) groups excluding carboxylic acids is 1. The summed E-state index contributed by atoms with van der Waals surface area (Å²) in [5.74, 6) is 1.97. The van der Waals surface area contributed by atoms with Crippen molar-refractivity contribution in [1.29, 1.82) is 0 Å². The van der Waals surface area contributed by atoms with Crippen LogP contribution >= 0.6 is 0 Å². The van der Waals surface area contributed by atoms with E-state index in [0.717, 1.165) is 70.8 Å². The Labute approximate surface area is 206 Å². The lowest BCUT2D eigenvalue weighted by molar-refractivity contribution is 0.0565. The number of carbonyl (C=O) groups is 1. The highest BCUT2D eigenvalue weighted by Gasteiger charge is 2.37. The van der Waals surface area contributed by atoms with E-state index >= 15 is 0 Å². The number of likely N-dealkylation sites (tertiary alicyclic amines) is 1. The molecule has 4 aromatic rings. The third-order valence-corrected chi connectivity index (χ3v) is 7.44. The summed E-state index contributed by atoms with van der Waals surface area (Å²) in [4.78, 5) is 27.9. The van der Waals surface area contributed by atoms with E-state index in [1.54, 1.807) is 0 Å². The summed E-state index contributed by atoms with van der Waals surface area (Å²) in [6, 6.07) is 22.6. The molecular formula is C30H30N4O. The molecule has 2 bridgehead atoms. The molecule has 35 heavy (non-hydrogen) atoms. The fourth-order valence-electron chi connectivity index (χ4n) is 5.82. The molecule has 2 saturated heterocycles. The topological polar surface area (TPSA) is 49.3 Å². The molecule has 176 valence electrons. The maximum Gasteiger partial charge on any atom is 0.254 e. The normalized spacial score (nSPS) is 19.7. The van der Waals surface area contributed by atoms with Crippen molar-refractivity contribution < 1.29 is 4.79 Å². The number of nitrogens with zero attached hydrogens (tertiary/aromatic N) is 4. The van der Waals surface area contributed by atoms with E-state index < -0.39 is 0 Å². The van der Waals surface area contributed by atoms with E-state index in [2.05, 4.69) is 59.0 Å². The molecule has 6 rings (SSSR count). The van der Waals surface area contributed by atoms with Gasteiger partial charge in [0.05, 0.1) is 17.2 Å². The average molecular weight is 463 g/mol. The summed E-state index contributed by atoms with van der Waals surface area (Å²) in [7, 11) is 0. The first-order chi connectivity index (χ1) is 17.0. The first-order valence-electron chi connectivity index (χ1n) is 12.5. The number of aryl methyl sites for hydroxylation is 2. The van der Waals surface area contributed by atoms with Crippen LogP contribution in [0.25, 0.3) is 22.2 Å². The minimum Gasteiger partial charge on any atom is -0.355 e. The summed E-state index contributed by atoms with van der Waals surface area (Å²) in [6.07, 6.45) is 3.07. The van der Waals surface area contributed by atoms with Gasteiger partial charge in [0.15, 0.2) is 0 Å². The van der Waals surface area contributed by atoms with Crippen LogP contribution in [-0.4, -0.2) is 47.0 Å². The van der Waals surface area contributed by atoms with Crippen molar-refractivity contribution in [1.82, 2.24) is 14.9 Å². The zero-order valence-corrected chi connectivity index (χ0v) is 20.3. The van der Waals surface area contributed by atoms with Crippen LogP contribution in [0.5, 0.6) is 0 Å². The first-order valence-corrected chi connectivity index (χ1v) is 12.5. The highest BCUT2D eigenvalue weighted by Crippen LogP contribution is 2.33. The quantitative estimate of drug-likeness (QED) is 0.403. The molecule has 0 spiro atoms. The molecule has 5 nitrogen and oxygen atoms in total. The average Bonchev–Trinajstić information content (AvgIpc) is 2.88. The molecule has 5 heteroatoms. The zero-order chi connectivity index (χ0) is 23.9. The molecule has 0 radical (unpaired) electrons. The van der Waals surface area contributed by atoms with E-state index in [9.17, 15) is 4.79 Å². The van der Waals surface area contributed by atoms with Crippen molar-refractivity contribution in [3.8, 4) is 11.1 Å². The predicted molar refractivity (Wildman–Crippen MR) is 141 cm³/mol. The van der Waals surface area contributed by atoms with Gasteiger partial charge in [-0.3, -0.25) is 9.78 Å². The number of fused-ring (bicyclic) bond motifs is 3. The van der Waals surface area contributed by atoms with Crippen LogP contribution in [0, 0.1) is 25.7 Å². The number of amides is 1. The van der Waals surface area contributed by atoms with Gasteiger partial charge in [-0.2, -0.15) is 0 Å². The SMILES string of the molecule is Cc1ccc(-c2ccccc2)c(C(=O)N2CC3CC(C2)CN(c2cnc4cccc(C)c4n2)C3)c1. The second kappa shape index (κ2) is 8.81. The van der Waals surface area contributed by atoms with Crippen molar-refractivity contribution in [2.45, 2.75) is 20.3 Å². The molecule has 2 aliphatic rings. The number of anilines is 1. The van der Waals surface area contributed by atoms with Crippen LogP contribution in [0.4, 0.5) is 5.82 Å². The molecule has 2 fully saturated rings. The van der Waals surface area contributed by atoms with Crippen molar-refractivity contribution >= 4 is 22.8 Å². The predicted octanol–water partition coefficient (Wildman–Crippen LogP) is 5.51. The second-order valence-electron chi connectivity index (χ2n) is 10.2. The molecule has 0 saturated carbocycles. The zero-order valence-electron chi connectivity index (χ0n) is 20.3. The standard InChI is InChI=1S/C30H30N4O/c1-20-11-12-25(24-8-4-3-5-9-24)26(13-20)30(35)34-18-22-14-23(19-34)17-33(16-22)28-15-31-27-10-6-7-21(2)29(27)32-28/h3-13,15,22-23H,14,16-19H2,1-2H3. The van der Waals surface area contributed by atoms with Crippen LogP contribution in [0.3, 0.4) is 0 Å². The molecular weight excluding hydrogens is 432 g/mol. The Balaban J connectivity index is 1.24. The number of para-hydroxylation sites is 1. The fraction of sp³-hybridized carbons (Fsp3) is 0.300. The highest BCUT2D eigenvalue weighted by atomic mass is 16.2. The fourth-order valence-corrected chi connectivity index (χ4v) is 5.82. The van der Waals surface area contributed by atoms with Crippen LogP contribution in [-0.2, 0) is 0 Å². The number of piperidine rings is 2. The highest BCUT2D eigenvalue weighted by molar-refractivity contribution is 6.01. The number of hydrogen-bond acceptors (Lipinski definition) is 4. The molecule has 2 aliphatic heterocycles. The maximum atomic E-state index is 13.8. The van der Waals surface area contributed by atoms with Gasteiger partial charge in [-0.1, -0.05) is 60.2 Å². The minimum atomic E-state index is 0.150. The molecule has 0 N–H and O–H groups in total. The molecule has 2 unspecified atom stereocenters. The van der Waals surface area contributed by atoms with Gasteiger partial charge in [-0.05, 0) is 60.9 Å². The smallest absolute Gasteiger partial charge is 0.254 e. The number of hydrogen-bond donors (Lipinski definition) is 0. The van der Waals surface area contributed by atoms with Crippen LogP contribution in [0.15, 0.2) is 72.9 Å². The van der Waals surface area contributed by atoms with Gasteiger partial charge in [-0.15, -0.1) is 0 Å². The molecule has 2 atom stereocenters. The van der Waals surface area contributed by atoms with Crippen LogP contribution in [0.1, 0.15) is 27.9 Å². The second-order valence-corrected chi connectivity index (χ2v) is 10.2. The van der Waals surface area contributed by atoms with Gasteiger partial charge in [0, 0.05) is 31.7 Å².